The molecule has 2 fully saturated rings. The predicted molar refractivity (Wildman–Crippen MR) is 133 cm³/mol. The van der Waals surface area contributed by atoms with Gasteiger partial charge in [0.1, 0.15) is 5.78 Å². The minimum absolute atomic E-state index is 0.133. The fourth-order valence-corrected chi connectivity index (χ4v) is 7.33. The number of rotatable bonds is 7. The lowest BCUT2D eigenvalue weighted by molar-refractivity contribution is -0.209. The van der Waals surface area contributed by atoms with Crippen molar-refractivity contribution in [2.24, 2.45) is 5.92 Å². The summed E-state index contributed by atoms with van der Waals surface area (Å²) < 4.78 is 18.8. The van der Waals surface area contributed by atoms with Gasteiger partial charge in [0.15, 0.2) is 11.5 Å². The number of nitrogens with zero attached hydrogens (tertiary/aromatic N) is 1. The molecule has 5 nitrogen and oxygen atoms in total. The van der Waals surface area contributed by atoms with Crippen LogP contribution in [0.25, 0.3) is 0 Å². The number of likely N-dealkylation sites (N-methyl/N-ethyl adjacent to an activating group) is 1. The van der Waals surface area contributed by atoms with Crippen LogP contribution in [0.5, 0.6) is 11.5 Å². The topological polar surface area (TPSA) is 48.0 Å². The summed E-state index contributed by atoms with van der Waals surface area (Å²) in [6.07, 6.45) is 5.06. The van der Waals surface area contributed by atoms with Gasteiger partial charge in [-0.05, 0) is 62.9 Å². The molecule has 2 bridgehead atoms. The van der Waals surface area contributed by atoms with Crippen LogP contribution in [0.1, 0.15) is 49.3 Å². The minimum Gasteiger partial charge on any atom is -0.493 e. The number of benzene rings is 2. The van der Waals surface area contributed by atoms with E-state index in [-0.39, 0.29) is 12.0 Å². The van der Waals surface area contributed by atoms with E-state index >= 15 is 0 Å². The Balaban J connectivity index is 1.59. The van der Waals surface area contributed by atoms with Gasteiger partial charge in [0.05, 0.1) is 19.8 Å². The Labute approximate surface area is 203 Å². The van der Waals surface area contributed by atoms with Crippen molar-refractivity contribution in [3.63, 3.8) is 0 Å². The maximum Gasteiger partial charge on any atom is 0.164 e. The number of hydrogen-bond acceptors (Lipinski definition) is 5. The lowest BCUT2D eigenvalue weighted by Crippen LogP contribution is -2.76. The van der Waals surface area contributed by atoms with Gasteiger partial charge in [-0.1, -0.05) is 43.3 Å². The van der Waals surface area contributed by atoms with E-state index in [1.807, 2.05) is 6.07 Å². The summed E-state index contributed by atoms with van der Waals surface area (Å²) in [6, 6.07) is 15.0. The first-order valence-corrected chi connectivity index (χ1v) is 12.6. The van der Waals surface area contributed by atoms with E-state index in [0.29, 0.717) is 18.8 Å². The summed E-state index contributed by atoms with van der Waals surface area (Å²) in [5, 5.41) is 0. The number of ether oxygens (including phenoxy) is 3. The van der Waals surface area contributed by atoms with Gasteiger partial charge in [0.25, 0.3) is 0 Å². The molecule has 1 heterocycles. The fraction of sp³-hybridized carbons (Fsp3) is 0.552. The molecule has 0 spiro atoms. The van der Waals surface area contributed by atoms with Gasteiger partial charge < -0.3 is 19.1 Å². The quantitative estimate of drug-likeness (QED) is 0.562. The molecule has 34 heavy (non-hydrogen) atoms. The molecule has 4 atom stereocenters. The molecular formula is C29H37NO4. The molecule has 1 unspecified atom stereocenters. The lowest BCUT2D eigenvalue weighted by atomic mass is 9.45. The molecule has 0 radical (unpaired) electrons. The molecule has 3 aliphatic rings. The largest absolute Gasteiger partial charge is 0.493 e. The van der Waals surface area contributed by atoms with Crippen LogP contribution < -0.4 is 9.47 Å². The summed E-state index contributed by atoms with van der Waals surface area (Å²) in [5.41, 5.74) is 2.92. The molecule has 0 aromatic heterocycles. The van der Waals surface area contributed by atoms with E-state index < -0.39 is 11.0 Å². The van der Waals surface area contributed by atoms with Crippen molar-refractivity contribution < 1.29 is 19.0 Å². The molecule has 1 saturated carbocycles. The van der Waals surface area contributed by atoms with Crippen molar-refractivity contribution in [1.82, 2.24) is 4.90 Å². The Hall–Kier alpha value is -2.37. The molecular weight excluding hydrogens is 426 g/mol. The van der Waals surface area contributed by atoms with E-state index in [2.05, 4.69) is 55.3 Å². The number of piperidine rings is 1. The van der Waals surface area contributed by atoms with Crippen LogP contribution >= 0.6 is 0 Å². The van der Waals surface area contributed by atoms with Gasteiger partial charge in [-0.15, -0.1) is 0 Å². The average Bonchev–Trinajstić information content (AvgIpc) is 2.86. The number of carbonyl (C=O) groups is 1. The van der Waals surface area contributed by atoms with Crippen molar-refractivity contribution >= 4 is 5.78 Å². The summed E-state index contributed by atoms with van der Waals surface area (Å²) in [5.74, 6) is 1.72. The van der Waals surface area contributed by atoms with Crippen molar-refractivity contribution in [1.29, 1.82) is 0 Å². The lowest BCUT2D eigenvalue weighted by Gasteiger charge is -2.66. The summed E-state index contributed by atoms with van der Waals surface area (Å²) in [4.78, 5) is 15.8. The normalized spacial score (nSPS) is 30.4. The SMILES string of the molecule is COc1ccc2c(c1OC)[C@]13CCN(C)C(C2)[C@]1(OCCCc1ccccc1)CCC(=O)[C@H]3C. The molecule has 2 aliphatic carbocycles. The Morgan fingerprint density at radius 2 is 1.85 bits per heavy atom. The number of Topliss-reactive ketones (excluding diaryl/α,β-unsaturated/α-hetero) is 1. The van der Waals surface area contributed by atoms with Crippen LogP contribution in [-0.2, 0) is 27.8 Å². The number of likely N-dealkylation sites (tertiary alicyclic amines) is 1. The van der Waals surface area contributed by atoms with E-state index in [0.717, 1.165) is 55.7 Å². The first-order valence-electron chi connectivity index (χ1n) is 12.6. The molecule has 2 aromatic carbocycles. The Kier molecular flexibility index (Phi) is 6.19. The molecule has 0 N–H and O–H groups in total. The molecule has 1 aliphatic heterocycles. The molecule has 2 aromatic rings. The minimum atomic E-state index is -0.420. The maximum absolute atomic E-state index is 13.3. The van der Waals surface area contributed by atoms with Crippen LogP contribution in [0, 0.1) is 5.92 Å². The van der Waals surface area contributed by atoms with Crippen molar-refractivity contribution in [3.05, 3.63) is 59.2 Å². The second-order valence-electron chi connectivity index (χ2n) is 10.3. The number of fused-ring (bicyclic) bond motifs is 1. The zero-order chi connectivity index (χ0) is 23.9. The van der Waals surface area contributed by atoms with Gasteiger partial charge in [-0.3, -0.25) is 4.79 Å². The number of ketones is 1. The van der Waals surface area contributed by atoms with Gasteiger partial charge in [0.2, 0.25) is 0 Å². The van der Waals surface area contributed by atoms with Crippen LogP contribution in [0.3, 0.4) is 0 Å². The van der Waals surface area contributed by atoms with Crippen molar-refractivity contribution in [3.8, 4) is 11.5 Å². The number of hydrogen-bond donors (Lipinski definition) is 0. The van der Waals surface area contributed by atoms with E-state index in [9.17, 15) is 4.79 Å². The predicted octanol–water partition coefficient (Wildman–Crippen LogP) is 4.59. The van der Waals surface area contributed by atoms with Gasteiger partial charge >= 0.3 is 0 Å². The third kappa shape index (κ3) is 3.31. The van der Waals surface area contributed by atoms with Crippen LogP contribution in [-0.4, -0.2) is 56.7 Å². The number of carbonyl (C=O) groups excluding carboxylic acids is 1. The van der Waals surface area contributed by atoms with Gasteiger partial charge in [-0.25, -0.2) is 0 Å². The second kappa shape index (κ2) is 9.01. The summed E-state index contributed by atoms with van der Waals surface area (Å²) in [7, 11) is 5.62. The van der Waals surface area contributed by atoms with Crippen LogP contribution in [0.2, 0.25) is 0 Å². The molecule has 5 rings (SSSR count). The standard InChI is InChI=1S/C29H37NO4/c1-20-23(31)14-15-29(34-18-8-11-21-9-6-5-7-10-21)25-19-22-12-13-24(32-3)27(33-4)26(22)28(20,29)16-17-30(25)2/h5-7,9-10,12-13,20,25H,8,11,14-19H2,1-4H3/t20-,25?,28-,29-/m1/s1. The fourth-order valence-electron chi connectivity index (χ4n) is 7.33. The average molecular weight is 464 g/mol. The van der Waals surface area contributed by atoms with E-state index in [1.165, 1.54) is 11.1 Å². The van der Waals surface area contributed by atoms with Crippen LogP contribution in [0.4, 0.5) is 0 Å². The molecule has 0 amide bonds. The smallest absolute Gasteiger partial charge is 0.164 e. The number of methoxy groups -OCH3 is 2. The van der Waals surface area contributed by atoms with E-state index in [1.54, 1.807) is 14.2 Å². The number of aryl methyl sites for hydroxylation is 1. The molecule has 182 valence electrons. The van der Waals surface area contributed by atoms with E-state index in [4.69, 9.17) is 14.2 Å². The highest BCUT2D eigenvalue weighted by Gasteiger charge is 2.69. The highest BCUT2D eigenvalue weighted by Crippen LogP contribution is 2.63. The molecule has 5 heteroatoms. The molecule has 1 saturated heterocycles. The highest BCUT2D eigenvalue weighted by molar-refractivity contribution is 5.85. The zero-order valence-electron chi connectivity index (χ0n) is 20.9. The second-order valence-corrected chi connectivity index (χ2v) is 10.3. The first-order chi connectivity index (χ1) is 16.5. The van der Waals surface area contributed by atoms with Gasteiger partial charge in [0, 0.05) is 36.0 Å². The Morgan fingerprint density at radius 3 is 2.59 bits per heavy atom. The summed E-state index contributed by atoms with van der Waals surface area (Å²) >= 11 is 0. The third-order valence-electron chi connectivity index (χ3n) is 8.95. The monoisotopic (exact) mass is 463 g/mol. The van der Waals surface area contributed by atoms with Gasteiger partial charge in [-0.2, -0.15) is 0 Å². The zero-order valence-corrected chi connectivity index (χ0v) is 20.9. The van der Waals surface area contributed by atoms with Crippen molar-refractivity contribution in [2.45, 2.75) is 62.5 Å². The highest BCUT2D eigenvalue weighted by atomic mass is 16.5. The van der Waals surface area contributed by atoms with Crippen molar-refractivity contribution in [2.75, 3.05) is 34.4 Å². The van der Waals surface area contributed by atoms with Crippen LogP contribution in [0.15, 0.2) is 42.5 Å². The Morgan fingerprint density at radius 1 is 1.06 bits per heavy atom. The first kappa shape index (κ1) is 23.4. The maximum atomic E-state index is 13.3. The third-order valence-corrected chi connectivity index (χ3v) is 8.95. The Bertz CT molecular complexity index is 1050. The summed E-state index contributed by atoms with van der Waals surface area (Å²) in [6.45, 7) is 3.75.